The van der Waals surface area contributed by atoms with Crippen LogP contribution in [-0.4, -0.2) is 27.1 Å². The molecular formula is C25H25F3N2O3S. The number of benzene rings is 3. The number of hydrogen-bond acceptors (Lipinski definition) is 3. The van der Waals surface area contributed by atoms with Gasteiger partial charge in [0.1, 0.15) is 0 Å². The maximum atomic E-state index is 12.8. The van der Waals surface area contributed by atoms with Crippen LogP contribution in [-0.2, 0) is 22.7 Å². The quantitative estimate of drug-likeness (QED) is 0.472. The van der Waals surface area contributed by atoms with Gasteiger partial charge in [-0.25, -0.2) is 8.42 Å². The van der Waals surface area contributed by atoms with E-state index in [2.05, 4.69) is 5.32 Å². The van der Waals surface area contributed by atoms with Crippen molar-refractivity contribution in [1.29, 1.82) is 0 Å². The van der Waals surface area contributed by atoms with Crippen LogP contribution in [0.5, 0.6) is 0 Å². The highest BCUT2D eigenvalue weighted by Gasteiger charge is 2.30. The Morgan fingerprint density at radius 3 is 2.06 bits per heavy atom. The van der Waals surface area contributed by atoms with E-state index in [-0.39, 0.29) is 24.1 Å². The van der Waals surface area contributed by atoms with Gasteiger partial charge in [-0.05, 0) is 53.4 Å². The van der Waals surface area contributed by atoms with Crippen molar-refractivity contribution < 1.29 is 26.4 Å². The van der Waals surface area contributed by atoms with Gasteiger partial charge in [0, 0.05) is 12.1 Å². The van der Waals surface area contributed by atoms with Gasteiger partial charge in [-0.15, -0.1) is 0 Å². The molecule has 0 fully saturated rings. The Morgan fingerprint density at radius 2 is 1.53 bits per heavy atom. The lowest BCUT2D eigenvalue weighted by molar-refractivity contribution is -0.137. The number of carbonyl (C=O) groups is 1. The molecule has 0 aliphatic heterocycles. The van der Waals surface area contributed by atoms with Gasteiger partial charge >= 0.3 is 6.18 Å². The fraction of sp³-hybridized carbons (Fsp3) is 0.240. The van der Waals surface area contributed by atoms with Crippen LogP contribution in [0.3, 0.4) is 0 Å². The van der Waals surface area contributed by atoms with Gasteiger partial charge in [0.15, 0.2) is 0 Å². The Hall–Kier alpha value is -3.33. The molecule has 180 valence electrons. The van der Waals surface area contributed by atoms with Gasteiger partial charge in [-0.1, -0.05) is 49.4 Å². The number of halogens is 3. The van der Waals surface area contributed by atoms with Crippen molar-refractivity contribution in [3.63, 3.8) is 0 Å². The number of carbonyl (C=O) groups excluding carboxylic acids is 1. The molecule has 0 heterocycles. The SMILES string of the molecule is C[C@H](CNC(=O)c1ccc(CN(c2ccc(C(F)(F)F)cc2)S(C)(=O)=O)cc1)c1ccccc1. The number of nitrogens with one attached hydrogen (secondary N) is 1. The standard InChI is InChI=1S/C25H25F3N2O3S/c1-18(20-6-4-3-5-7-20)16-29-24(31)21-10-8-19(9-11-21)17-30(34(2,32)33)23-14-12-22(13-15-23)25(26,27)28/h3-15,18H,16-17H2,1-2H3,(H,29,31)/t18-/m1/s1. The molecule has 3 rings (SSSR count). The molecule has 5 nitrogen and oxygen atoms in total. The van der Waals surface area contributed by atoms with E-state index in [9.17, 15) is 26.4 Å². The van der Waals surface area contributed by atoms with Gasteiger partial charge in [0.05, 0.1) is 24.1 Å². The maximum absolute atomic E-state index is 12.8. The summed E-state index contributed by atoms with van der Waals surface area (Å²) in [5.74, 6) is -0.117. The zero-order chi connectivity index (χ0) is 24.9. The van der Waals surface area contributed by atoms with Crippen LogP contribution in [0.25, 0.3) is 0 Å². The first-order chi connectivity index (χ1) is 15.9. The molecular weight excluding hydrogens is 465 g/mol. The van der Waals surface area contributed by atoms with E-state index >= 15 is 0 Å². The van der Waals surface area contributed by atoms with Crippen LogP contribution < -0.4 is 9.62 Å². The van der Waals surface area contributed by atoms with E-state index in [1.54, 1.807) is 24.3 Å². The first-order valence-electron chi connectivity index (χ1n) is 10.5. The molecule has 34 heavy (non-hydrogen) atoms. The molecule has 0 unspecified atom stereocenters. The number of alkyl halides is 3. The van der Waals surface area contributed by atoms with E-state index in [0.29, 0.717) is 17.7 Å². The molecule has 0 spiro atoms. The minimum Gasteiger partial charge on any atom is -0.351 e. The second kappa shape index (κ2) is 10.3. The van der Waals surface area contributed by atoms with E-state index in [0.717, 1.165) is 40.4 Å². The summed E-state index contributed by atoms with van der Waals surface area (Å²) in [5, 5.41) is 2.89. The molecule has 1 atom stereocenters. The number of rotatable bonds is 8. The van der Waals surface area contributed by atoms with Crippen molar-refractivity contribution in [3.8, 4) is 0 Å². The highest BCUT2D eigenvalue weighted by atomic mass is 32.2. The summed E-state index contributed by atoms with van der Waals surface area (Å²) in [6.07, 6.45) is -3.52. The van der Waals surface area contributed by atoms with Crippen LogP contribution >= 0.6 is 0 Å². The summed E-state index contributed by atoms with van der Waals surface area (Å²) < 4.78 is 64.1. The minimum absolute atomic E-state index is 0.0862. The molecule has 0 saturated heterocycles. The Balaban J connectivity index is 1.68. The monoisotopic (exact) mass is 490 g/mol. The number of anilines is 1. The van der Waals surface area contributed by atoms with Gasteiger partial charge in [0.25, 0.3) is 5.91 Å². The Morgan fingerprint density at radius 1 is 0.941 bits per heavy atom. The van der Waals surface area contributed by atoms with Gasteiger partial charge in [-0.2, -0.15) is 13.2 Å². The predicted molar refractivity (Wildman–Crippen MR) is 126 cm³/mol. The number of sulfonamides is 1. The molecule has 3 aromatic carbocycles. The van der Waals surface area contributed by atoms with Crippen molar-refractivity contribution >= 4 is 21.6 Å². The Bertz CT molecular complexity index is 1210. The topological polar surface area (TPSA) is 66.5 Å². The Kier molecular flexibility index (Phi) is 7.66. The third-order valence-electron chi connectivity index (χ3n) is 5.36. The molecule has 0 bridgehead atoms. The smallest absolute Gasteiger partial charge is 0.351 e. The van der Waals surface area contributed by atoms with Crippen molar-refractivity contribution in [2.75, 3.05) is 17.1 Å². The second-order valence-electron chi connectivity index (χ2n) is 8.03. The van der Waals surface area contributed by atoms with Gasteiger partial charge in [-0.3, -0.25) is 9.10 Å². The summed E-state index contributed by atoms with van der Waals surface area (Å²) in [6, 6.07) is 20.2. The first kappa shape index (κ1) is 25.3. The zero-order valence-corrected chi connectivity index (χ0v) is 19.5. The van der Waals surface area contributed by atoms with Crippen molar-refractivity contribution in [2.24, 2.45) is 0 Å². The van der Waals surface area contributed by atoms with Gasteiger partial charge in [0.2, 0.25) is 10.0 Å². The van der Waals surface area contributed by atoms with Crippen molar-refractivity contribution in [3.05, 3.63) is 101 Å². The maximum Gasteiger partial charge on any atom is 0.416 e. The lowest BCUT2D eigenvalue weighted by Crippen LogP contribution is -2.29. The Labute approximate surface area is 197 Å². The third kappa shape index (κ3) is 6.60. The normalized spacial score (nSPS) is 12.7. The van der Waals surface area contributed by atoms with E-state index in [1.807, 2.05) is 37.3 Å². The van der Waals surface area contributed by atoms with Crippen LogP contribution in [0.15, 0.2) is 78.9 Å². The largest absolute Gasteiger partial charge is 0.416 e. The van der Waals surface area contributed by atoms with Crippen LogP contribution in [0.2, 0.25) is 0 Å². The molecule has 1 amide bonds. The first-order valence-corrected chi connectivity index (χ1v) is 12.4. The lowest BCUT2D eigenvalue weighted by Gasteiger charge is -2.23. The average molecular weight is 491 g/mol. The number of hydrogen-bond donors (Lipinski definition) is 1. The third-order valence-corrected chi connectivity index (χ3v) is 6.50. The number of nitrogens with zero attached hydrogens (tertiary/aromatic N) is 1. The molecule has 0 saturated carbocycles. The summed E-state index contributed by atoms with van der Waals surface area (Å²) in [4.78, 5) is 12.5. The van der Waals surface area contributed by atoms with Gasteiger partial charge < -0.3 is 5.32 Å². The summed E-state index contributed by atoms with van der Waals surface area (Å²) in [5.41, 5.74) is 1.38. The molecule has 0 aromatic heterocycles. The van der Waals surface area contributed by atoms with Crippen LogP contribution in [0.4, 0.5) is 18.9 Å². The van der Waals surface area contributed by atoms with Crippen molar-refractivity contribution in [1.82, 2.24) is 5.32 Å². The molecule has 0 aliphatic rings. The highest BCUT2D eigenvalue weighted by Crippen LogP contribution is 2.31. The van der Waals surface area contributed by atoms with E-state index < -0.39 is 21.8 Å². The minimum atomic E-state index is -4.51. The predicted octanol–water partition coefficient (Wildman–Crippen LogP) is 5.21. The molecule has 0 aliphatic carbocycles. The highest BCUT2D eigenvalue weighted by molar-refractivity contribution is 7.92. The lowest BCUT2D eigenvalue weighted by atomic mass is 10.0. The van der Waals surface area contributed by atoms with Crippen LogP contribution in [0, 0.1) is 0 Å². The van der Waals surface area contributed by atoms with E-state index in [1.165, 1.54) is 0 Å². The summed E-state index contributed by atoms with van der Waals surface area (Å²) in [7, 11) is -3.76. The summed E-state index contributed by atoms with van der Waals surface area (Å²) in [6.45, 7) is 2.39. The fourth-order valence-corrected chi connectivity index (χ4v) is 4.28. The fourth-order valence-electron chi connectivity index (χ4n) is 3.39. The molecule has 3 aromatic rings. The van der Waals surface area contributed by atoms with Crippen LogP contribution in [0.1, 0.15) is 39.9 Å². The number of amides is 1. The zero-order valence-electron chi connectivity index (χ0n) is 18.7. The average Bonchev–Trinajstić information content (AvgIpc) is 2.80. The molecule has 0 radical (unpaired) electrons. The van der Waals surface area contributed by atoms with E-state index in [4.69, 9.17) is 0 Å². The summed E-state index contributed by atoms with van der Waals surface area (Å²) >= 11 is 0. The van der Waals surface area contributed by atoms with Crippen molar-refractivity contribution in [2.45, 2.75) is 25.6 Å². The molecule has 9 heteroatoms. The molecule has 1 N–H and O–H groups in total. The second-order valence-corrected chi connectivity index (χ2v) is 9.94.